The molecule has 0 aliphatic rings. The van der Waals surface area contributed by atoms with Crippen LogP contribution in [0.2, 0.25) is 0 Å². The molecule has 0 unspecified atom stereocenters. The van der Waals surface area contributed by atoms with E-state index in [9.17, 15) is 2.74 Å². The first-order chi connectivity index (χ1) is 14.8. The third-order valence-corrected chi connectivity index (χ3v) is 8.13. The second kappa shape index (κ2) is 10.3. The van der Waals surface area contributed by atoms with E-state index in [2.05, 4.69) is 57.2 Å². The molecule has 3 aromatic carbocycles. The van der Waals surface area contributed by atoms with Gasteiger partial charge < -0.3 is 4.55 Å². The smallest absolute Gasteiger partial charge is 0.112 e. The summed E-state index contributed by atoms with van der Waals surface area (Å²) in [6.45, 7) is 6.38. The molecule has 0 amide bonds. The average molecular weight is 445 g/mol. The number of rotatable bonds is 5. The van der Waals surface area contributed by atoms with Crippen molar-refractivity contribution in [3.8, 4) is 0 Å². The Labute approximate surface area is 185 Å². The fraction of sp³-hybridized carbons (Fsp3) is 0.280. The fourth-order valence-electron chi connectivity index (χ4n) is 3.03. The highest BCUT2D eigenvalue weighted by Gasteiger charge is 2.45. The summed E-state index contributed by atoms with van der Waals surface area (Å²) in [6, 6.07) is 30.8. The van der Waals surface area contributed by atoms with Crippen LogP contribution < -0.4 is 15.9 Å². The molecule has 0 saturated carbocycles. The molecule has 160 valence electrons. The first kappa shape index (κ1) is 21.2. The summed E-state index contributed by atoms with van der Waals surface area (Å²) < 4.78 is 46.1. The second-order valence-electron chi connectivity index (χ2n) is 8.28. The normalized spacial score (nSPS) is 13.5. The highest BCUT2D eigenvalue weighted by molar-refractivity contribution is 7.95. The van der Waals surface area contributed by atoms with E-state index >= 15 is 0 Å². The van der Waals surface area contributed by atoms with Crippen LogP contribution in [0.3, 0.4) is 0 Å². The van der Waals surface area contributed by atoms with Gasteiger partial charge in [0.05, 0.1) is 19.0 Å². The van der Waals surface area contributed by atoms with Crippen LogP contribution in [0.5, 0.6) is 0 Å². The summed E-state index contributed by atoms with van der Waals surface area (Å²) in [5.41, 5.74) is -0.118. The highest BCUT2D eigenvalue weighted by Crippen LogP contribution is 2.56. The van der Waals surface area contributed by atoms with Crippen molar-refractivity contribution in [2.45, 2.75) is 27.2 Å². The predicted octanol–water partition coefficient (Wildman–Crippen LogP) is 4.58. The zero-order chi connectivity index (χ0) is 24.0. The molecule has 30 heavy (non-hydrogen) atoms. The zero-order valence-electron chi connectivity index (χ0n) is 19.9. The summed E-state index contributed by atoms with van der Waals surface area (Å²) in [6.07, 6.45) is -0.283. The van der Waals surface area contributed by atoms with E-state index in [0.717, 1.165) is 15.9 Å². The molecule has 3 nitrogen and oxygen atoms in total. The molecule has 0 atom stereocenters. The molecule has 5 heteroatoms. The van der Waals surface area contributed by atoms with Gasteiger partial charge in [0.2, 0.25) is 0 Å². The van der Waals surface area contributed by atoms with Crippen molar-refractivity contribution >= 4 is 33.3 Å². The van der Waals surface area contributed by atoms with Crippen LogP contribution in [-0.2, 0) is 10.1 Å². The van der Waals surface area contributed by atoms with Crippen LogP contribution in [0.1, 0.15) is 29.9 Å². The SMILES string of the molecule is CS(=O)(=O)[O-].[2H]C([2H])(CC(C)(C)C)[P+](c1ccccc1)(c1ccccc1)c1ccccc1. The molecule has 0 N–H and O–H groups in total. The van der Waals surface area contributed by atoms with Gasteiger partial charge in [0.15, 0.2) is 0 Å². The van der Waals surface area contributed by atoms with Crippen molar-refractivity contribution in [3.05, 3.63) is 91.0 Å². The fourth-order valence-corrected chi connectivity index (χ4v) is 7.04. The third-order valence-electron chi connectivity index (χ3n) is 4.28. The summed E-state index contributed by atoms with van der Waals surface area (Å²) in [5, 5.41) is 3.28. The maximum absolute atomic E-state index is 9.42. The molecule has 0 aliphatic heterocycles. The van der Waals surface area contributed by atoms with Crippen molar-refractivity contribution in [3.63, 3.8) is 0 Å². The van der Waals surface area contributed by atoms with Gasteiger partial charge in [-0.25, -0.2) is 8.42 Å². The molecular formula is C25H31O3PS. The quantitative estimate of drug-likeness (QED) is 0.428. The van der Waals surface area contributed by atoms with Crippen LogP contribution >= 0.6 is 7.26 Å². The van der Waals surface area contributed by atoms with Gasteiger partial charge >= 0.3 is 0 Å². The minimum Gasteiger partial charge on any atom is -0.748 e. The largest absolute Gasteiger partial charge is 0.748 e. The Hall–Kier alpha value is -2.00. The van der Waals surface area contributed by atoms with Gasteiger partial charge in [-0.15, -0.1) is 0 Å². The standard InChI is InChI=1S/C24H28P.CH4O3S/c1-24(2,3)19-20-25(21-13-7-4-8-14-21,22-15-9-5-10-16-22)23-17-11-6-12-18-23;1-5(2,3)4/h4-18H,19-20H2,1-3H3;1H3,(H,2,3,4)/q+1;/p-1/i20D2;. The number of benzene rings is 3. The Morgan fingerprint density at radius 1 is 0.767 bits per heavy atom. The molecule has 0 spiro atoms. The maximum Gasteiger partial charge on any atom is 0.112 e. The minimum absolute atomic E-state index is 0.118. The predicted molar refractivity (Wildman–Crippen MR) is 130 cm³/mol. The number of hydrogen-bond donors (Lipinski definition) is 0. The summed E-state index contributed by atoms with van der Waals surface area (Å²) in [5.74, 6) is 0. The molecule has 0 radical (unpaired) electrons. The Morgan fingerprint density at radius 2 is 1.03 bits per heavy atom. The average Bonchev–Trinajstić information content (AvgIpc) is 2.68. The van der Waals surface area contributed by atoms with Gasteiger partial charge in [0.1, 0.15) is 23.2 Å². The van der Waals surface area contributed by atoms with E-state index in [1.165, 1.54) is 0 Å². The van der Waals surface area contributed by atoms with Crippen molar-refractivity contribution < 1.29 is 15.7 Å². The Balaban J connectivity index is 0.000000654. The Kier molecular flexibility index (Phi) is 7.33. The van der Waals surface area contributed by atoms with E-state index in [1.807, 2.05) is 54.6 Å². The van der Waals surface area contributed by atoms with Crippen molar-refractivity contribution in [2.75, 3.05) is 12.4 Å². The minimum atomic E-state index is -3.92. The van der Waals surface area contributed by atoms with Crippen molar-refractivity contribution in [1.82, 2.24) is 0 Å². The summed E-state index contributed by atoms with van der Waals surface area (Å²) in [4.78, 5) is 0. The van der Waals surface area contributed by atoms with Crippen LogP contribution in [-0.4, -0.2) is 25.3 Å². The van der Waals surface area contributed by atoms with Gasteiger partial charge in [-0.3, -0.25) is 0 Å². The molecule has 0 aromatic heterocycles. The van der Waals surface area contributed by atoms with Crippen LogP contribution in [0.4, 0.5) is 0 Å². The zero-order valence-corrected chi connectivity index (χ0v) is 19.7. The molecule has 0 saturated heterocycles. The van der Waals surface area contributed by atoms with Gasteiger partial charge in [0, 0.05) is 6.26 Å². The van der Waals surface area contributed by atoms with E-state index in [1.54, 1.807) is 0 Å². The maximum atomic E-state index is 9.42. The molecule has 0 bridgehead atoms. The van der Waals surface area contributed by atoms with Gasteiger partial charge in [-0.05, 0) is 48.2 Å². The summed E-state index contributed by atoms with van der Waals surface area (Å²) in [7, 11) is -6.44. The lowest BCUT2D eigenvalue weighted by atomic mass is 9.94. The van der Waals surface area contributed by atoms with Crippen LogP contribution in [0.15, 0.2) is 91.0 Å². The Bertz CT molecular complexity index is 978. The van der Waals surface area contributed by atoms with Crippen molar-refractivity contribution in [1.29, 1.82) is 0 Å². The topological polar surface area (TPSA) is 57.2 Å². The lowest BCUT2D eigenvalue weighted by Gasteiger charge is -2.30. The van der Waals surface area contributed by atoms with Gasteiger partial charge in [0.25, 0.3) is 0 Å². The van der Waals surface area contributed by atoms with Gasteiger partial charge in [-0.2, -0.15) is 0 Å². The third kappa shape index (κ3) is 7.36. The van der Waals surface area contributed by atoms with Crippen LogP contribution in [0, 0.1) is 5.41 Å². The molecule has 3 rings (SSSR count). The van der Waals surface area contributed by atoms with E-state index in [0.29, 0.717) is 12.7 Å². The summed E-state index contributed by atoms with van der Waals surface area (Å²) >= 11 is 0. The van der Waals surface area contributed by atoms with Gasteiger partial charge in [-0.1, -0.05) is 75.4 Å². The second-order valence-corrected chi connectivity index (χ2v) is 12.9. The molecule has 0 heterocycles. The van der Waals surface area contributed by atoms with E-state index < -0.39 is 23.5 Å². The van der Waals surface area contributed by atoms with Crippen LogP contribution in [0.25, 0.3) is 0 Å². The molecule has 0 fully saturated rings. The monoisotopic (exact) mass is 444 g/mol. The highest BCUT2D eigenvalue weighted by atomic mass is 32.2. The first-order valence-corrected chi connectivity index (χ1v) is 13.3. The lowest BCUT2D eigenvalue weighted by Crippen LogP contribution is -2.34. The lowest BCUT2D eigenvalue weighted by molar-refractivity contribution is 0.400. The molecular weight excluding hydrogens is 411 g/mol. The molecule has 0 aliphatic carbocycles. The Morgan fingerprint density at radius 3 is 1.27 bits per heavy atom. The van der Waals surface area contributed by atoms with Crippen molar-refractivity contribution in [2.24, 2.45) is 5.41 Å². The first-order valence-electron chi connectivity index (χ1n) is 10.7. The number of hydrogen-bond acceptors (Lipinski definition) is 3. The van der Waals surface area contributed by atoms with E-state index in [-0.39, 0.29) is 5.41 Å². The molecule has 3 aromatic rings. The van der Waals surface area contributed by atoms with E-state index in [4.69, 9.17) is 13.0 Å².